The Morgan fingerprint density at radius 2 is 1.94 bits per heavy atom. The molecule has 3 N–H and O–H groups in total. The van der Waals surface area contributed by atoms with Gasteiger partial charge >= 0.3 is 12.2 Å². The molecule has 1 spiro atoms. The average Bonchev–Trinajstić information content (AvgIpc) is 2.78. The van der Waals surface area contributed by atoms with Gasteiger partial charge in [0.05, 0.1) is 18.8 Å². The third-order valence-corrected chi connectivity index (χ3v) is 6.31. The van der Waals surface area contributed by atoms with Crippen LogP contribution in [0, 0.1) is 0 Å². The minimum absolute atomic E-state index is 0.117. The van der Waals surface area contributed by atoms with E-state index >= 15 is 0 Å². The smallest absolute Gasteiger partial charge is 0.416 e. The third-order valence-electron chi connectivity index (χ3n) is 6.31. The summed E-state index contributed by atoms with van der Waals surface area (Å²) < 4.78 is 51.5. The molecule has 34 heavy (non-hydrogen) atoms. The second kappa shape index (κ2) is 8.35. The summed E-state index contributed by atoms with van der Waals surface area (Å²) in [7, 11) is 0. The number of ether oxygens (including phenoxy) is 2. The number of rotatable bonds is 2. The van der Waals surface area contributed by atoms with Crippen molar-refractivity contribution in [2.75, 3.05) is 23.8 Å². The maximum atomic E-state index is 13.3. The molecule has 2 aromatic rings. The molecule has 2 aromatic carbocycles. The molecule has 0 saturated carbocycles. The first-order valence-electron chi connectivity index (χ1n) is 10.9. The Hall–Kier alpha value is -3.53. The lowest BCUT2D eigenvalue weighted by Crippen LogP contribution is -2.44. The van der Waals surface area contributed by atoms with E-state index in [4.69, 9.17) is 9.47 Å². The fourth-order valence-electron chi connectivity index (χ4n) is 4.58. The third kappa shape index (κ3) is 4.33. The maximum absolute atomic E-state index is 13.3. The summed E-state index contributed by atoms with van der Waals surface area (Å²) in [5.41, 5.74) is 1.41. The molecule has 0 atom stereocenters. The van der Waals surface area contributed by atoms with Gasteiger partial charge in [-0.1, -0.05) is 12.1 Å². The summed E-state index contributed by atoms with van der Waals surface area (Å²) >= 11 is 0. The Kier molecular flexibility index (Phi) is 5.47. The Bertz CT molecular complexity index is 1190. The Labute approximate surface area is 193 Å². The molecule has 0 radical (unpaired) electrons. The van der Waals surface area contributed by atoms with Crippen molar-refractivity contribution in [2.24, 2.45) is 0 Å². The number of hydrogen-bond acceptors (Lipinski definition) is 4. The summed E-state index contributed by atoms with van der Waals surface area (Å²) in [6.45, 7) is 1.12. The lowest BCUT2D eigenvalue weighted by atomic mass is 9.81. The zero-order chi connectivity index (χ0) is 23.9. The number of anilines is 2. The zero-order valence-electron chi connectivity index (χ0n) is 18.1. The molecule has 3 aliphatic heterocycles. The highest BCUT2D eigenvalue weighted by Gasteiger charge is 2.41. The summed E-state index contributed by atoms with van der Waals surface area (Å²) in [6.07, 6.45) is -1.68. The Balaban J connectivity index is 1.47. The van der Waals surface area contributed by atoms with Crippen LogP contribution >= 0.6 is 0 Å². The standard InChI is InChI=1S/C24H22F3N3O4/c25-24(26,27)15-4-5-16-14(12-23(34-20(16)11-15)6-8-33-9-7-23)10-21(31)29-18-2-1-3-19-17(18)13-28-22(32)30-19/h1-5,10-11H,6-9,12-13H2,(H,29,31)(H2,28,30,32)/b14-10+. The highest BCUT2D eigenvalue weighted by atomic mass is 19.4. The molecule has 5 rings (SSSR count). The summed E-state index contributed by atoms with van der Waals surface area (Å²) in [5.74, 6) is -0.304. The van der Waals surface area contributed by atoms with Gasteiger partial charge in [0.15, 0.2) is 0 Å². The quantitative estimate of drug-likeness (QED) is 0.552. The van der Waals surface area contributed by atoms with Gasteiger partial charge in [-0.3, -0.25) is 4.79 Å². The van der Waals surface area contributed by atoms with Crippen LogP contribution in [0.5, 0.6) is 5.75 Å². The number of halogens is 3. The van der Waals surface area contributed by atoms with Crippen molar-refractivity contribution in [1.29, 1.82) is 0 Å². The predicted octanol–water partition coefficient (Wildman–Crippen LogP) is 4.69. The summed E-state index contributed by atoms with van der Waals surface area (Å²) in [6, 6.07) is 8.21. The van der Waals surface area contributed by atoms with Crippen LogP contribution in [0.1, 0.15) is 36.0 Å². The van der Waals surface area contributed by atoms with Crippen LogP contribution < -0.4 is 20.7 Å². The van der Waals surface area contributed by atoms with Crippen molar-refractivity contribution in [2.45, 2.75) is 37.6 Å². The maximum Gasteiger partial charge on any atom is 0.416 e. The zero-order valence-corrected chi connectivity index (χ0v) is 18.1. The van der Waals surface area contributed by atoms with Crippen molar-refractivity contribution in [3.63, 3.8) is 0 Å². The van der Waals surface area contributed by atoms with E-state index in [2.05, 4.69) is 16.0 Å². The molecular formula is C24H22F3N3O4. The lowest BCUT2D eigenvalue weighted by molar-refractivity contribution is -0.138. The number of benzene rings is 2. The minimum atomic E-state index is -4.50. The van der Waals surface area contributed by atoms with Gasteiger partial charge < -0.3 is 25.4 Å². The molecule has 178 valence electrons. The molecule has 1 saturated heterocycles. The van der Waals surface area contributed by atoms with Crippen LogP contribution in [0.2, 0.25) is 0 Å². The Morgan fingerprint density at radius 3 is 2.71 bits per heavy atom. The van der Waals surface area contributed by atoms with Crippen LogP contribution in [0.25, 0.3) is 5.57 Å². The Morgan fingerprint density at radius 1 is 1.15 bits per heavy atom. The van der Waals surface area contributed by atoms with Crippen LogP contribution in [-0.2, 0) is 22.3 Å². The number of nitrogens with one attached hydrogen (secondary N) is 3. The van der Waals surface area contributed by atoms with Gasteiger partial charge in [0.2, 0.25) is 5.91 Å². The lowest BCUT2D eigenvalue weighted by Gasteiger charge is -2.42. The number of alkyl halides is 3. The van der Waals surface area contributed by atoms with Crippen molar-refractivity contribution < 1.29 is 32.2 Å². The van der Waals surface area contributed by atoms with Gasteiger partial charge in [0.25, 0.3) is 0 Å². The molecule has 3 aliphatic rings. The molecular weight excluding hydrogens is 451 g/mol. The van der Waals surface area contributed by atoms with Crippen LogP contribution in [0.15, 0.2) is 42.5 Å². The van der Waals surface area contributed by atoms with Gasteiger partial charge in [-0.05, 0) is 29.8 Å². The van der Waals surface area contributed by atoms with E-state index in [-0.39, 0.29) is 18.3 Å². The molecule has 0 bridgehead atoms. The summed E-state index contributed by atoms with van der Waals surface area (Å²) in [4.78, 5) is 24.6. The van der Waals surface area contributed by atoms with Crippen LogP contribution in [-0.4, -0.2) is 30.8 Å². The van der Waals surface area contributed by atoms with E-state index < -0.39 is 23.2 Å². The second-order valence-corrected chi connectivity index (χ2v) is 8.58. The molecule has 0 aromatic heterocycles. The first kappa shape index (κ1) is 22.3. The van der Waals surface area contributed by atoms with E-state index in [1.807, 2.05) is 0 Å². The molecule has 3 amide bonds. The number of amides is 3. The second-order valence-electron chi connectivity index (χ2n) is 8.58. The van der Waals surface area contributed by atoms with Crippen LogP contribution in [0.3, 0.4) is 0 Å². The number of carbonyl (C=O) groups excluding carboxylic acids is 2. The SMILES string of the molecule is O=C(/C=C1\CC2(CCOCC2)Oc2cc(C(F)(F)F)ccc21)Nc1cccc2c1CNC(=O)N2. The van der Waals surface area contributed by atoms with E-state index in [1.54, 1.807) is 18.2 Å². The predicted molar refractivity (Wildman–Crippen MR) is 118 cm³/mol. The van der Waals surface area contributed by atoms with E-state index in [9.17, 15) is 22.8 Å². The monoisotopic (exact) mass is 473 g/mol. The minimum Gasteiger partial charge on any atom is -0.486 e. The number of carbonyl (C=O) groups is 2. The highest BCUT2D eigenvalue weighted by molar-refractivity contribution is 6.06. The van der Waals surface area contributed by atoms with Gasteiger partial charge in [-0.15, -0.1) is 0 Å². The largest absolute Gasteiger partial charge is 0.486 e. The van der Waals surface area contributed by atoms with Gasteiger partial charge in [0.1, 0.15) is 11.4 Å². The van der Waals surface area contributed by atoms with Crippen molar-refractivity contribution in [3.8, 4) is 5.75 Å². The van der Waals surface area contributed by atoms with Gasteiger partial charge in [-0.2, -0.15) is 13.2 Å². The van der Waals surface area contributed by atoms with Gasteiger partial charge in [0, 0.05) is 54.4 Å². The molecule has 3 heterocycles. The van der Waals surface area contributed by atoms with E-state index in [0.29, 0.717) is 55.0 Å². The van der Waals surface area contributed by atoms with E-state index in [1.165, 1.54) is 12.1 Å². The molecule has 0 unspecified atom stereocenters. The fraction of sp³-hybridized carbons (Fsp3) is 0.333. The molecule has 10 heteroatoms. The fourth-order valence-corrected chi connectivity index (χ4v) is 4.58. The van der Waals surface area contributed by atoms with Crippen molar-refractivity contribution >= 4 is 28.9 Å². The topological polar surface area (TPSA) is 88.7 Å². The molecule has 1 fully saturated rings. The van der Waals surface area contributed by atoms with Gasteiger partial charge in [-0.25, -0.2) is 4.79 Å². The van der Waals surface area contributed by atoms with E-state index in [0.717, 1.165) is 17.7 Å². The first-order chi connectivity index (χ1) is 16.2. The number of fused-ring (bicyclic) bond motifs is 2. The summed E-state index contributed by atoms with van der Waals surface area (Å²) in [5, 5.41) is 8.19. The number of urea groups is 1. The van der Waals surface area contributed by atoms with Crippen molar-refractivity contribution in [1.82, 2.24) is 5.32 Å². The first-order valence-corrected chi connectivity index (χ1v) is 10.9. The highest BCUT2D eigenvalue weighted by Crippen LogP contribution is 2.46. The van der Waals surface area contributed by atoms with Crippen LogP contribution in [0.4, 0.5) is 29.3 Å². The number of hydrogen-bond donors (Lipinski definition) is 3. The average molecular weight is 473 g/mol. The molecule has 0 aliphatic carbocycles. The van der Waals surface area contributed by atoms with Crippen molar-refractivity contribution in [3.05, 3.63) is 59.2 Å². The molecule has 7 nitrogen and oxygen atoms in total. The normalized spacial score (nSPS) is 20.0.